The van der Waals surface area contributed by atoms with Gasteiger partial charge < -0.3 is 4.90 Å². The lowest BCUT2D eigenvalue weighted by Crippen LogP contribution is -2.24. The average molecular weight is 193 g/mol. The van der Waals surface area contributed by atoms with Crippen LogP contribution < -0.4 is 4.90 Å². The van der Waals surface area contributed by atoms with E-state index in [1.807, 2.05) is 18.7 Å². The molecule has 0 aliphatic carbocycles. The molecule has 0 radical (unpaired) electrons. The molecule has 0 atom stereocenters. The Hall–Kier alpha value is -1.45. The van der Waals surface area contributed by atoms with E-state index in [0.29, 0.717) is 11.6 Å². The SMILES string of the molecule is CCN(CC)c1nccc(C(C)=O)n1. The number of hydrogen-bond acceptors (Lipinski definition) is 4. The Morgan fingerprint density at radius 3 is 2.57 bits per heavy atom. The number of nitrogens with zero attached hydrogens (tertiary/aromatic N) is 3. The molecule has 4 nitrogen and oxygen atoms in total. The maximum atomic E-state index is 11.1. The number of anilines is 1. The molecule has 1 rings (SSSR count). The monoisotopic (exact) mass is 193 g/mol. The van der Waals surface area contributed by atoms with E-state index in [9.17, 15) is 4.79 Å². The van der Waals surface area contributed by atoms with Gasteiger partial charge in [0, 0.05) is 26.2 Å². The summed E-state index contributed by atoms with van der Waals surface area (Å²) in [6.07, 6.45) is 1.62. The Labute approximate surface area is 84.0 Å². The summed E-state index contributed by atoms with van der Waals surface area (Å²) in [5, 5.41) is 0. The Kier molecular flexibility index (Phi) is 3.56. The topological polar surface area (TPSA) is 46.1 Å². The zero-order chi connectivity index (χ0) is 10.6. The van der Waals surface area contributed by atoms with Gasteiger partial charge in [0.15, 0.2) is 5.78 Å². The van der Waals surface area contributed by atoms with E-state index in [0.717, 1.165) is 13.1 Å². The third-order valence-corrected chi connectivity index (χ3v) is 2.05. The Morgan fingerprint density at radius 1 is 1.43 bits per heavy atom. The van der Waals surface area contributed by atoms with E-state index in [1.165, 1.54) is 6.92 Å². The van der Waals surface area contributed by atoms with E-state index in [1.54, 1.807) is 12.3 Å². The molecule has 14 heavy (non-hydrogen) atoms. The van der Waals surface area contributed by atoms with Gasteiger partial charge in [-0.1, -0.05) is 0 Å². The first-order chi connectivity index (χ1) is 6.69. The minimum Gasteiger partial charge on any atom is -0.341 e. The molecular formula is C10H15N3O. The first-order valence-corrected chi connectivity index (χ1v) is 4.78. The van der Waals surface area contributed by atoms with Crippen LogP contribution in [0.25, 0.3) is 0 Å². The normalized spacial score (nSPS) is 9.93. The van der Waals surface area contributed by atoms with Crippen LogP contribution in [0.3, 0.4) is 0 Å². The summed E-state index contributed by atoms with van der Waals surface area (Å²) >= 11 is 0. The highest BCUT2D eigenvalue weighted by Gasteiger charge is 2.07. The van der Waals surface area contributed by atoms with Gasteiger partial charge in [-0.3, -0.25) is 4.79 Å². The number of hydrogen-bond donors (Lipinski definition) is 0. The lowest BCUT2D eigenvalue weighted by atomic mass is 10.3. The molecule has 0 aliphatic rings. The van der Waals surface area contributed by atoms with Gasteiger partial charge in [0.2, 0.25) is 5.95 Å². The number of Topliss-reactive ketones (excluding diaryl/α,β-unsaturated/α-hetero) is 1. The molecule has 0 saturated heterocycles. The van der Waals surface area contributed by atoms with Gasteiger partial charge in [-0.05, 0) is 19.9 Å². The highest BCUT2D eigenvalue weighted by Crippen LogP contribution is 2.06. The summed E-state index contributed by atoms with van der Waals surface area (Å²) < 4.78 is 0. The first-order valence-electron chi connectivity index (χ1n) is 4.78. The molecule has 0 aliphatic heterocycles. The summed E-state index contributed by atoms with van der Waals surface area (Å²) in [6, 6.07) is 1.63. The van der Waals surface area contributed by atoms with E-state index in [2.05, 4.69) is 9.97 Å². The third kappa shape index (κ3) is 2.28. The van der Waals surface area contributed by atoms with E-state index >= 15 is 0 Å². The molecule has 0 N–H and O–H groups in total. The van der Waals surface area contributed by atoms with Crippen LogP contribution in [0.5, 0.6) is 0 Å². The fourth-order valence-corrected chi connectivity index (χ4v) is 1.20. The summed E-state index contributed by atoms with van der Waals surface area (Å²) in [5.74, 6) is 0.600. The van der Waals surface area contributed by atoms with Crippen LogP contribution in [-0.2, 0) is 0 Å². The second kappa shape index (κ2) is 4.69. The highest BCUT2D eigenvalue weighted by atomic mass is 16.1. The average Bonchev–Trinajstić information content (AvgIpc) is 2.20. The van der Waals surface area contributed by atoms with Gasteiger partial charge in [0.1, 0.15) is 5.69 Å². The van der Waals surface area contributed by atoms with Gasteiger partial charge >= 0.3 is 0 Å². The predicted octanol–water partition coefficient (Wildman–Crippen LogP) is 1.53. The highest BCUT2D eigenvalue weighted by molar-refractivity contribution is 5.92. The van der Waals surface area contributed by atoms with Crippen LogP contribution in [-0.4, -0.2) is 28.8 Å². The first kappa shape index (κ1) is 10.6. The summed E-state index contributed by atoms with van der Waals surface area (Å²) in [7, 11) is 0. The molecule has 0 aromatic carbocycles. The zero-order valence-corrected chi connectivity index (χ0v) is 8.82. The van der Waals surface area contributed by atoms with Crippen molar-refractivity contribution in [1.82, 2.24) is 9.97 Å². The maximum absolute atomic E-state index is 11.1. The van der Waals surface area contributed by atoms with Gasteiger partial charge in [-0.2, -0.15) is 0 Å². The minimum absolute atomic E-state index is 0.0270. The summed E-state index contributed by atoms with van der Waals surface area (Å²) in [6.45, 7) is 7.27. The fraction of sp³-hybridized carbons (Fsp3) is 0.500. The minimum atomic E-state index is -0.0270. The molecule has 76 valence electrons. The number of rotatable bonds is 4. The van der Waals surface area contributed by atoms with Crippen LogP contribution in [0.1, 0.15) is 31.3 Å². The van der Waals surface area contributed by atoms with Crippen LogP contribution >= 0.6 is 0 Å². The number of carbonyl (C=O) groups is 1. The molecule has 0 bridgehead atoms. The van der Waals surface area contributed by atoms with E-state index in [4.69, 9.17) is 0 Å². The summed E-state index contributed by atoms with van der Waals surface area (Å²) in [5.41, 5.74) is 0.474. The van der Waals surface area contributed by atoms with Crippen molar-refractivity contribution in [1.29, 1.82) is 0 Å². The molecule has 1 aromatic heterocycles. The standard InChI is InChI=1S/C10H15N3O/c1-4-13(5-2)10-11-7-6-9(12-10)8(3)14/h6-7H,4-5H2,1-3H3. The Bertz CT molecular complexity index is 321. The number of carbonyl (C=O) groups excluding carboxylic acids is 1. The number of ketones is 1. The molecule has 1 aromatic rings. The second-order valence-electron chi connectivity index (χ2n) is 2.97. The molecule has 0 spiro atoms. The van der Waals surface area contributed by atoms with E-state index in [-0.39, 0.29) is 5.78 Å². The molecule has 0 amide bonds. The zero-order valence-electron chi connectivity index (χ0n) is 8.82. The Morgan fingerprint density at radius 2 is 2.07 bits per heavy atom. The van der Waals surface area contributed by atoms with Crippen LogP contribution in [0, 0.1) is 0 Å². The number of aromatic nitrogens is 2. The van der Waals surface area contributed by atoms with Gasteiger partial charge in [0.05, 0.1) is 0 Å². The summed E-state index contributed by atoms with van der Waals surface area (Å²) in [4.78, 5) is 21.4. The largest absolute Gasteiger partial charge is 0.341 e. The van der Waals surface area contributed by atoms with Crippen molar-refractivity contribution >= 4 is 11.7 Å². The van der Waals surface area contributed by atoms with Gasteiger partial charge in [0.25, 0.3) is 0 Å². The van der Waals surface area contributed by atoms with Crippen molar-refractivity contribution in [3.63, 3.8) is 0 Å². The van der Waals surface area contributed by atoms with Gasteiger partial charge in [-0.15, -0.1) is 0 Å². The van der Waals surface area contributed by atoms with Crippen LogP contribution in [0.2, 0.25) is 0 Å². The van der Waals surface area contributed by atoms with Crippen LogP contribution in [0.15, 0.2) is 12.3 Å². The lowest BCUT2D eigenvalue weighted by molar-refractivity contribution is 0.101. The van der Waals surface area contributed by atoms with Crippen LogP contribution in [0.4, 0.5) is 5.95 Å². The molecule has 1 heterocycles. The van der Waals surface area contributed by atoms with Crippen molar-refractivity contribution in [3.8, 4) is 0 Å². The Balaban J connectivity index is 2.98. The second-order valence-corrected chi connectivity index (χ2v) is 2.97. The molecule has 0 fully saturated rings. The molecular weight excluding hydrogens is 178 g/mol. The van der Waals surface area contributed by atoms with Crippen molar-refractivity contribution in [2.75, 3.05) is 18.0 Å². The van der Waals surface area contributed by atoms with Crippen molar-refractivity contribution < 1.29 is 4.79 Å². The smallest absolute Gasteiger partial charge is 0.225 e. The lowest BCUT2D eigenvalue weighted by Gasteiger charge is -2.18. The maximum Gasteiger partial charge on any atom is 0.225 e. The fourth-order valence-electron chi connectivity index (χ4n) is 1.20. The third-order valence-electron chi connectivity index (χ3n) is 2.05. The molecule has 0 unspecified atom stereocenters. The quantitative estimate of drug-likeness (QED) is 0.680. The van der Waals surface area contributed by atoms with Crippen molar-refractivity contribution in [3.05, 3.63) is 18.0 Å². The molecule has 4 heteroatoms. The van der Waals surface area contributed by atoms with E-state index < -0.39 is 0 Å². The van der Waals surface area contributed by atoms with Crippen molar-refractivity contribution in [2.24, 2.45) is 0 Å². The van der Waals surface area contributed by atoms with Crippen molar-refractivity contribution in [2.45, 2.75) is 20.8 Å². The predicted molar refractivity (Wildman–Crippen MR) is 55.6 cm³/mol. The molecule has 0 saturated carbocycles. The van der Waals surface area contributed by atoms with Gasteiger partial charge in [-0.25, -0.2) is 9.97 Å².